The molecule has 0 amide bonds. The molecular formula is C105H62BN3. The van der Waals surface area contributed by atoms with Gasteiger partial charge in [-0.05, 0) is 198 Å². The van der Waals surface area contributed by atoms with Crippen molar-refractivity contribution in [1.82, 2.24) is 4.57 Å². The number of nitrogens with zero attached hydrogens (tertiary/aromatic N) is 3. The molecule has 4 heteroatoms. The second-order valence-corrected chi connectivity index (χ2v) is 31.0. The van der Waals surface area contributed by atoms with E-state index in [0.29, 0.717) is 0 Å². The summed E-state index contributed by atoms with van der Waals surface area (Å²) < 4.78 is 2.58. The van der Waals surface area contributed by atoms with Crippen molar-refractivity contribution in [3.05, 3.63) is 443 Å². The van der Waals surface area contributed by atoms with E-state index in [4.69, 9.17) is 0 Å². The van der Waals surface area contributed by atoms with Gasteiger partial charge in [-0.15, -0.1) is 0 Å². The number of rotatable bonds is 4. The maximum absolute atomic E-state index is 2.80. The lowest BCUT2D eigenvalue weighted by molar-refractivity contribution is 0.793. The fraction of sp³-hybridized carbons (Fsp3) is 0.0286. The number of para-hydroxylation sites is 2. The van der Waals surface area contributed by atoms with Crippen LogP contribution in [0, 0.1) is 0 Å². The van der Waals surface area contributed by atoms with E-state index in [1.54, 1.807) is 0 Å². The van der Waals surface area contributed by atoms with Gasteiger partial charge in [-0.25, -0.2) is 0 Å². The van der Waals surface area contributed by atoms with Gasteiger partial charge in [0.25, 0.3) is 6.71 Å². The average Bonchev–Trinajstić information content (AvgIpc) is 1.51. The third kappa shape index (κ3) is 6.92. The number of anilines is 6. The van der Waals surface area contributed by atoms with Crippen LogP contribution in [-0.4, -0.2) is 11.3 Å². The molecule has 0 fully saturated rings. The third-order valence-corrected chi connectivity index (χ3v) is 26.6. The Bertz CT molecular complexity index is 6950. The van der Waals surface area contributed by atoms with Gasteiger partial charge in [0, 0.05) is 50.3 Å². The van der Waals surface area contributed by atoms with Gasteiger partial charge in [-0.2, -0.15) is 0 Å². The van der Waals surface area contributed by atoms with E-state index < -0.39 is 16.2 Å². The molecule has 0 saturated carbocycles. The molecular weight excluding hydrogens is 1310 g/mol. The molecule has 6 aliphatic carbocycles. The molecule has 3 heterocycles. The van der Waals surface area contributed by atoms with Crippen LogP contribution in [0.15, 0.2) is 376 Å². The molecule has 17 aromatic carbocycles. The van der Waals surface area contributed by atoms with Gasteiger partial charge in [0.05, 0.1) is 38.7 Å². The van der Waals surface area contributed by atoms with Crippen LogP contribution in [0.25, 0.3) is 105 Å². The summed E-state index contributed by atoms with van der Waals surface area (Å²) in [6.07, 6.45) is 0. The lowest BCUT2D eigenvalue weighted by Gasteiger charge is -2.46. The predicted octanol–water partition coefficient (Wildman–Crippen LogP) is 23.6. The van der Waals surface area contributed by atoms with E-state index in [1.807, 2.05) is 0 Å². The summed E-state index contributed by atoms with van der Waals surface area (Å²) in [5.41, 5.74) is 45.7. The number of fused-ring (bicyclic) bond motifs is 38. The average molecular weight is 1380 g/mol. The summed E-state index contributed by atoms with van der Waals surface area (Å²) >= 11 is 0. The van der Waals surface area contributed by atoms with E-state index in [-0.39, 0.29) is 6.71 Å². The largest absolute Gasteiger partial charge is 0.311 e. The maximum Gasteiger partial charge on any atom is 0.252 e. The lowest BCUT2D eigenvalue weighted by Crippen LogP contribution is -2.61. The van der Waals surface area contributed by atoms with Crippen molar-refractivity contribution in [3.8, 4) is 83.6 Å². The minimum Gasteiger partial charge on any atom is -0.311 e. The number of benzene rings is 17. The fourth-order valence-corrected chi connectivity index (χ4v) is 22.9. The summed E-state index contributed by atoms with van der Waals surface area (Å²) in [4.78, 5) is 5.55. The van der Waals surface area contributed by atoms with Gasteiger partial charge >= 0.3 is 0 Å². The standard InChI is InChI=1S/C105H62BN3/c1-2-27-63(28-3-1)64-53-58-95-92(59-64)106-91-57-56-89-99(79-39-12-23-49-88(79)103(89)80-41-15-4-29-67(80)68-30-5-16-42-81(68)103)102(91)108(65-54-55-75-73-35-8-19-45-84(73)104(90(75)60-65)82-43-17-6-31-69(82)70-32-7-18-44-83(70)104)97-61-66(107-93-50-24-13-37-76(93)77-38-14-25-51-94(77)107)62-98(101(97)106)109(95)96-52-26-40-78-74-36-11-22-48-87(74)105(100(78)96)85-46-20-9-33-71(85)72-34-10-21-47-86(72)105/h1-62H. The van der Waals surface area contributed by atoms with Crippen LogP contribution < -0.4 is 26.2 Å². The molecule has 0 N–H and O–H groups in total. The van der Waals surface area contributed by atoms with Gasteiger partial charge in [0.15, 0.2) is 0 Å². The van der Waals surface area contributed by atoms with E-state index in [9.17, 15) is 0 Å². The van der Waals surface area contributed by atoms with Crippen LogP contribution >= 0.6 is 0 Å². The molecule has 0 radical (unpaired) electrons. The normalized spacial score (nSPS) is 15.0. The van der Waals surface area contributed by atoms with E-state index in [2.05, 4.69) is 390 Å². The van der Waals surface area contributed by atoms with Gasteiger partial charge < -0.3 is 14.4 Å². The number of hydrogen-bond acceptors (Lipinski definition) is 2. The van der Waals surface area contributed by atoms with Crippen LogP contribution in [0.1, 0.15) is 66.8 Å². The Morgan fingerprint density at radius 2 is 0.633 bits per heavy atom. The zero-order valence-electron chi connectivity index (χ0n) is 59.2. The number of aromatic nitrogens is 1. The highest BCUT2D eigenvalue weighted by atomic mass is 15.2. The highest BCUT2D eigenvalue weighted by Gasteiger charge is 2.58. The van der Waals surface area contributed by atoms with Crippen molar-refractivity contribution >= 4 is 79.0 Å². The maximum atomic E-state index is 2.80. The lowest BCUT2D eigenvalue weighted by atomic mass is 9.33. The van der Waals surface area contributed by atoms with Crippen molar-refractivity contribution in [2.24, 2.45) is 0 Å². The molecule has 500 valence electrons. The molecule has 0 bridgehead atoms. The van der Waals surface area contributed by atoms with Gasteiger partial charge in [0.1, 0.15) is 0 Å². The molecule has 0 saturated heterocycles. The molecule has 3 spiro atoms. The van der Waals surface area contributed by atoms with Crippen molar-refractivity contribution in [3.63, 3.8) is 0 Å². The van der Waals surface area contributed by atoms with Crippen molar-refractivity contribution in [2.45, 2.75) is 16.2 Å². The molecule has 0 unspecified atom stereocenters. The quantitative estimate of drug-likeness (QED) is 0.163. The van der Waals surface area contributed by atoms with Crippen LogP contribution in [-0.2, 0) is 16.2 Å². The number of hydrogen-bond donors (Lipinski definition) is 0. The molecule has 2 aliphatic heterocycles. The molecule has 26 rings (SSSR count). The minimum atomic E-state index is -0.670. The van der Waals surface area contributed by atoms with Crippen LogP contribution in [0.4, 0.5) is 34.1 Å². The summed E-state index contributed by atoms with van der Waals surface area (Å²) in [5, 5.41) is 2.44. The van der Waals surface area contributed by atoms with Crippen molar-refractivity contribution < 1.29 is 0 Å². The molecule has 3 nitrogen and oxygen atoms in total. The molecule has 8 aliphatic rings. The summed E-state index contributed by atoms with van der Waals surface area (Å²) in [6.45, 7) is -0.273. The first-order valence-corrected chi connectivity index (χ1v) is 38.4. The van der Waals surface area contributed by atoms with E-state index >= 15 is 0 Å². The van der Waals surface area contributed by atoms with Gasteiger partial charge in [-0.1, -0.05) is 328 Å². The third-order valence-electron chi connectivity index (χ3n) is 26.6. The summed E-state index contributed by atoms with van der Waals surface area (Å²) in [7, 11) is 0. The summed E-state index contributed by atoms with van der Waals surface area (Å²) in [5.74, 6) is 0. The molecule has 1 aromatic heterocycles. The Balaban J connectivity index is 0.849. The Morgan fingerprint density at radius 3 is 1.16 bits per heavy atom. The monoisotopic (exact) mass is 1380 g/mol. The first-order valence-electron chi connectivity index (χ1n) is 38.4. The highest BCUT2D eigenvalue weighted by Crippen LogP contribution is 2.69. The van der Waals surface area contributed by atoms with E-state index in [1.165, 1.54) is 177 Å². The Morgan fingerprint density at radius 1 is 0.220 bits per heavy atom. The second-order valence-electron chi connectivity index (χ2n) is 31.0. The molecule has 109 heavy (non-hydrogen) atoms. The van der Waals surface area contributed by atoms with Crippen LogP contribution in [0.2, 0.25) is 0 Å². The highest BCUT2D eigenvalue weighted by molar-refractivity contribution is 7.00. The molecule has 0 atom stereocenters. The second kappa shape index (κ2) is 20.8. The Kier molecular flexibility index (Phi) is 11.2. The fourth-order valence-electron chi connectivity index (χ4n) is 22.9. The van der Waals surface area contributed by atoms with E-state index in [0.717, 1.165) is 45.2 Å². The first kappa shape index (κ1) is 58.5. The Hall–Kier alpha value is -13.8. The summed E-state index contributed by atoms with van der Waals surface area (Å²) in [6, 6.07) is 146. The first-order chi connectivity index (χ1) is 54.1. The Labute approximate surface area is 631 Å². The zero-order valence-corrected chi connectivity index (χ0v) is 59.2. The van der Waals surface area contributed by atoms with Gasteiger partial charge in [-0.3, -0.25) is 0 Å². The van der Waals surface area contributed by atoms with Crippen LogP contribution in [0.3, 0.4) is 0 Å². The smallest absolute Gasteiger partial charge is 0.252 e. The van der Waals surface area contributed by atoms with Gasteiger partial charge in [0.2, 0.25) is 0 Å². The SMILES string of the molecule is c1ccc(-c2ccc3c(c2)B2c4ccc5c(c4N(c4ccc6c(c4)C4(c7ccccc7-c7ccccc74)c4ccccc4-6)c4cc(-n6c7ccccc7c7ccccc76)cc(c42)N3c2cccc3c2C2(c4ccccc4-c4ccccc42)c2ccccc2-3)-c2ccccc2C52c3ccccc3-c3ccccc32)cc1. The van der Waals surface area contributed by atoms with Crippen molar-refractivity contribution in [1.29, 1.82) is 0 Å². The topological polar surface area (TPSA) is 11.4 Å². The predicted molar refractivity (Wildman–Crippen MR) is 449 cm³/mol. The zero-order chi connectivity index (χ0) is 70.7. The van der Waals surface area contributed by atoms with Crippen LogP contribution in [0.5, 0.6) is 0 Å². The van der Waals surface area contributed by atoms with Crippen molar-refractivity contribution in [2.75, 3.05) is 9.80 Å². The minimum absolute atomic E-state index is 0.273. The molecule has 18 aromatic rings.